The quantitative estimate of drug-likeness (QED) is 0.564. The minimum atomic E-state index is 0.0757. The van der Waals surface area contributed by atoms with Crippen molar-refractivity contribution in [1.82, 2.24) is 20.5 Å². The number of nitrogens with zero attached hydrogens (tertiary/aromatic N) is 2. The molecule has 0 amide bonds. The van der Waals surface area contributed by atoms with E-state index in [0.717, 1.165) is 25.5 Å². The summed E-state index contributed by atoms with van der Waals surface area (Å²) in [6, 6.07) is 6.55. The van der Waals surface area contributed by atoms with E-state index in [1.54, 1.807) is 0 Å². The number of aliphatic imine (C=N–C) groups is 1. The molecular formula is C19H31N5. The number of fused-ring (bicyclic) bond motifs is 1. The van der Waals surface area contributed by atoms with Crippen LogP contribution in [0.25, 0.3) is 10.9 Å². The maximum Gasteiger partial charge on any atom is 0.191 e. The highest BCUT2D eigenvalue weighted by atomic mass is 15.2. The van der Waals surface area contributed by atoms with Crippen molar-refractivity contribution in [2.24, 2.45) is 4.99 Å². The summed E-state index contributed by atoms with van der Waals surface area (Å²) in [5.74, 6) is 0.848. The summed E-state index contributed by atoms with van der Waals surface area (Å²) in [6.07, 6.45) is 3.07. The van der Waals surface area contributed by atoms with E-state index in [-0.39, 0.29) is 5.54 Å². The van der Waals surface area contributed by atoms with Gasteiger partial charge in [-0.25, -0.2) is 0 Å². The molecule has 0 radical (unpaired) electrons. The molecule has 1 aromatic heterocycles. The second-order valence-corrected chi connectivity index (χ2v) is 7.17. The minimum absolute atomic E-state index is 0.0757. The molecule has 1 heterocycles. The largest absolute Gasteiger partial charge is 0.361 e. The number of guanidine groups is 1. The topological polar surface area (TPSA) is 55.5 Å². The van der Waals surface area contributed by atoms with Gasteiger partial charge in [0.15, 0.2) is 5.96 Å². The van der Waals surface area contributed by atoms with E-state index in [1.165, 1.54) is 22.0 Å². The summed E-state index contributed by atoms with van der Waals surface area (Å²) in [7, 11) is 6.00. The van der Waals surface area contributed by atoms with Crippen LogP contribution >= 0.6 is 0 Å². The third-order valence-electron chi connectivity index (χ3n) is 4.73. The molecule has 0 aliphatic carbocycles. The molecule has 0 bridgehead atoms. The summed E-state index contributed by atoms with van der Waals surface area (Å²) in [5, 5.41) is 8.11. The molecule has 0 atom stereocenters. The van der Waals surface area contributed by atoms with Gasteiger partial charge in [-0.3, -0.25) is 4.99 Å². The predicted molar refractivity (Wildman–Crippen MR) is 104 cm³/mol. The van der Waals surface area contributed by atoms with Crippen LogP contribution in [-0.2, 0) is 6.42 Å². The molecule has 3 N–H and O–H groups in total. The number of aromatic amines is 1. The molecule has 0 spiro atoms. The van der Waals surface area contributed by atoms with Crippen LogP contribution in [0.3, 0.4) is 0 Å². The normalized spacial score (nSPS) is 12.9. The molecule has 0 fully saturated rings. The lowest BCUT2D eigenvalue weighted by Gasteiger charge is -2.33. The Balaban J connectivity index is 1.87. The standard InChI is InChI=1S/C19H31N5/c1-14-7-8-16-15(12-22-17(16)11-14)9-10-21-18(20-4)23-13-19(2,3)24(5)6/h7-8,11-12,22H,9-10,13H2,1-6H3,(H2,20,21,23). The minimum Gasteiger partial charge on any atom is -0.361 e. The number of rotatable bonds is 6. The second-order valence-electron chi connectivity index (χ2n) is 7.17. The van der Waals surface area contributed by atoms with Crippen LogP contribution < -0.4 is 10.6 Å². The molecule has 1 aromatic carbocycles. The monoisotopic (exact) mass is 329 g/mol. The number of hydrogen-bond acceptors (Lipinski definition) is 2. The predicted octanol–water partition coefficient (Wildman–Crippen LogP) is 2.52. The van der Waals surface area contributed by atoms with E-state index in [9.17, 15) is 0 Å². The molecule has 2 rings (SSSR count). The van der Waals surface area contributed by atoms with Gasteiger partial charge in [0, 0.05) is 42.8 Å². The highest BCUT2D eigenvalue weighted by Gasteiger charge is 2.20. The average molecular weight is 329 g/mol. The number of aromatic nitrogens is 1. The van der Waals surface area contributed by atoms with Gasteiger partial charge in [0.25, 0.3) is 0 Å². The van der Waals surface area contributed by atoms with Crippen molar-refractivity contribution in [3.63, 3.8) is 0 Å². The Morgan fingerprint density at radius 2 is 2.00 bits per heavy atom. The maximum atomic E-state index is 4.31. The Hall–Kier alpha value is -2.01. The van der Waals surface area contributed by atoms with Crippen LogP contribution in [0.2, 0.25) is 0 Å². The van der Waals surface area contributed by atoms with Crippen molar-refractivity contribution in [1.29, 1.82) is 0 Å². The van der Waals surface area contributed by atoms with Crippen LogP contribution in [0.5, 0.6) is 0 Å². The molecule has 5 heteroatoms. The summed E-state index contributed by atoms with van der Waals surface area (Å²) in [5.41, 5.74) is 3.90. The molecule has 0 aliphatic heterocycles. The zero-order valence-electron chi connectivity index (χ0n) is 15.8. The molecule has 24 heavy (non-hydrogen) atoms. The first-order chi connectivity index (χ1) is 11.3. The Bertz CT molecular complexity index is 697. The highest BCUT2D eigenvalue weighted by Crippen LogP contribution is 2.19. The van der Waals surface area contributed by atoms with Crippen molar-refractivity contribution < 1.29 is 0 Å². The third kappa shape index (κ3) is 4.51. The first-order valence-electron chi connectivity index (χ1n) is 8.52. The van der Waals surface area contributed by atoms with E-state index in [4.69, 9.17) is 0 Å². The van der Waals surface area contributed by atoms with E-state index in [0.29, 0.717) is 0 Å². The number of nitrogens with one attached hydrogen (secondary N) is 3. The van der Waals surface area contributed by atoms with Crippen molar-refractivity contribution in [3.05, 3.63) is 35.5 Å². The SMILES string of the molecule is CN=C(NCCc1c[nH]c2cc(C)ccc12)NCC(C)(C)N(C)C. The smallest absolute Gasteiger partial charge is 0.191 e. The van der Waals surface area contributed by atoms with E-state index in [1.807, 2.05) is 7.05 Å². The molecule has 2 aromatic rings. The van der Waals surface area contributed by atoms with Gasteiger partial charge in [-0.15, -0.1) is 0 Å². The number of aryl methyl sites for hydroxylation is 1. The first-order valence-corrected chi connectivity index (χ1v) is 8.52. The fraction of sp³-hybridized carbons (Fsp3) is 0.526. The fourth-order valence-corrected chi connectivity index (χ4v) is 2.50. The van der Waals surface area contributed by atoms with Crippen LogP contribution in [0.4, 0.5) is 0 Å². The van der Waals surface area contributed by atoms with Gasteiger partial charge in [0.2, 0.25) is 0 Å². The number of H-pyrrole nitrogens is 1. The summed E-state index contributed by atoms with van der Waals surface area (Å²) >= 11 is 0. The van der Waals surface area contributed by atoms with Gasteiger partial charge in [0.1, 0.15) is 0 Å². The van der Waals surface area contributed by atoms with Crippen molar-refractivity contribution in [2.75, 3.05) is 34.2 Å². The zero-order chi connectivity index (χ0) is 17.7. The van der Waals surface area contributed by atoms with Crippen LogP contribution in [0.15, 0.2) is 29.4 Å². The second kappa shape index (κ2) is 7.71. The summed E-state index contributed by atoms with van der Waals surface area (Å²) in [6.45, 7) is 8.23. The van der Waals surface area contributed by atoms with Crippen LogP contribution in [0.1, 0.15) is 25.0 Å². The molecule has 0 aliphatic rings. The van der Waals surface area contributed by atoms with E-state index >= 15 is 0 Å². The van der Waals surface area contributed by atoms with E-state index < -0.39 is 0 Å². The average Bonchev–Trinajstić information content (AvgIpc) is 2.92. The molecule has 0 saturated carbocycles. The molecule has 0 unspecified atom stereocenters. The van der Waals surface area contributed by atoms with Crippen molar-refractivity contribution >= 4 is 16.9 Å². The first kappa shape index (κ1) is 18.3. The Morgan fingerprint density at radius 3 is 2.67 bits per heavy atom. The van der Waals surface area contributed by atoms with Gasteiger partial charge in [-0.05, 0) is 58.5 Å². The lowest BCUT2D eigenvalue weighted by Crippen LogP contribution is -2.51. The maximum absolute atomic E-state index is 4.31. The number of hydrogen-bond donors (Lipinski definition) is 3. The van der Waals surface area contributed by atoms with E-state index in [2.05, 4.69) is 84.8 Å². The van der Waals surface area contributed by atoms with Gasteiger partial charge >= 0.3 is 0 Å². The fourth-order valence-electron chi connectivity index (χ4n) is 2.50. The summed E-state index contributed by atoms with van der Waals surface area (Å²) in [4.78, 5) is 9.88. The zero-order valence-corrected chi connectivity index (χ0v) is 15.8. The Kier molecular flexibility index (Phi) is 5.89. The van der Waals surface area contributed by atoms with Gasteiger partial charge in [-0.1, -0.05) is 12.1 Å². The lowest BCUT2D eigenvalue weighted by molar-refractivity contribution is 0.197. The molecule has 5 nitrogen and oxygen atoms in total. The lowest BCUT2D eigenvalue weighted by atomic mass is 10.0. The van der Waals surface area contributed by atoms with Gasteiger partial charge < -0.3 is 20.5 Å². The molecule has 132 valence electrons. The van der Waals surface area contributed by atoms with Crippen LogP contribution in [0, 0.1) is 6.92 Å². The third-order valence-corrected chi connectivity index (χ3v) is 4.73. The Labute approximate surface area is 145 Å². The van der Waals surface area contributed by atoms with Gasteiger partial charge in [0.05, 0.1) is 0 Å². The molecular weight excluding hydrogens is 298 g/mol. The summed E-state index contributed by atoms with van der Waals surface area (Å²) < 4.78 is 0. The highest BCUT2D eigenvalue weighted by molar-refractivity contribution is 5.84. The van der Waals surface area contributed by atoms with Crippen LogP contribution in [-0.4, -0.2) is 55.6 Å². The van der Waals surface area contributed by atoms with Gasteiger partial charge in [-0.2, -0.15) is 0 Å². The number of benzene rings is 1. The van der Waals surface area contributed by atoms with Crippen molar-refractivity contribution in [2.45, 2.75) is 32.7 Å². The molecule has 0 saturated heterocycles. The van der Waals surface area contributed by atoms with Crippen molar-refractivity contribution in [3.8, 4) is 0 Å². The Morgan fingerprint density at radius 1 is 1.25 bits per heavy atom. The number of likely N-dealkylation sites (N-methyl/N-ethyl adjacent to an activating group) is 1.